The molecule has 17 heteroatoms. The molecule has 0 fully saturated rings. The molecule has 5 N–H and O–H groups in total. The fraction of sp³-hybridized carbons (Fsp3) is 0.350. The molecule has 13 aromatic rings. The summed E-state index contributed by atoms with van der Waals surface area (Å²) in [4.78, 5) is 90.0. The Morgan fingerprint density at radius 1 is 0.419 bits per heavy atom. The molecule has 0 bridgehead atoms. The number of nitrogens with zero attached hydrogens (tertiary/aromatic N) is 5. The number of rotatable bonds is 21. The van der Waals surface area contributed by atoms with Gasteiger partial charge in [0.15, 0.2) is 0 Å². The van der Waals surface area contributed by atoms with Gasteiger partial charge in [0.05, 0.1) is 67.2 Å². The zero-order valence-electron chi connectivity index (χ0n) is 69.0. The molecule has 0 radical (unpaired) electrons. The maximum Gasteiger partial charge on any atom is 0.311 e. The summed E-state index contributed by atoms with van der Waals surface area (Å²) in [5.41, 5.74) is 30.7. The summed E-state index contributed by atoms with van der Waals surface area (Å²) in [6.07, 6.45) is 19.3. The second-order valence-electron chi connectivity index (χ2n) is 32.5. The van der Waals surface area contributed by atoms with E-state index in [9.17, 15) is 49.2 Å². The second-order valence-corrected chi connectivity index (χ2v) is 33.4. The van der Waals surface area contributed by atoms with E-state index in [1.807, 2.05) is 152 Å². The molecule has 5 aromatic heterocycles. The molecule has 0 spiro atoms. The van der Waals surface area contributed by atoms with Crippen LogP contribution in [0, 0.1) is 27.7 Å². The van der Waals surface area contributed by atoms with Crippen LogP contribution in [0.4, 0.5) is 11.4 Å². The van der Waals surface area contributed by atoms with Crippen molar-refractivity contribution in [2.24, 2.45) is 14.1 Å². The third-order valence-corrected chi connectivity index (χ3v) is 25.5. The summed E-state index contributed by atoms with van der Waals surface area (Å²) in [6.45, 7) is 15.9. The largest absolute Gasteiger partial charge is 0.481 e. The zero-order chi connectivity index (χ0) is 82.6. The molecule has 4 unspecified atom stereocenters. The van der Waals surface area contributed by atoms with Crippen molar-refractivity contribution in [2.45, 2.75) is 214 Å². The van der Waals surface area contributed by atoms with Crippen LogP contribution in [0.15, 0.2) is 161 Å². The van der Waals surface area contributed by atoms with Gasteiger partial charge in [0.1, 0.15) is 0 Å². The third-order valence-electron chi connectivity index (χ3n) is 24.7. The molecule has 8 aromatic carbocycles. The van der Waals surface area contributed by atoms with Crippen molar-refractivity contribution in [1.82, 2.24) is 24.1 Å². The van der Waals surface area contributed by atoms with Crippen molar-refractivity contribution < 1.29 is 39.6 Å². The van der Waals surface area contributed by atoms with Crippen molar-refractivity contribution in [3.8, 4) is 33.4 Å². The molecule has 17 rings (SSSR count). The van der Waals surface area contributed by atoms with Gasteiger partial charge in [-0.05, 0) is 270 Å². The molecule has 4 aliphatic rings. The first-order valence-electron chi connectivity index (χ1n) is 42.0. The normalized spacial score (nSPS) is 14.3. The molecule has 602 valence electrons. The average molecular weight is 1580 g/mol. The van der Waals surface area contributed by atoms with Gasteiger partial charge in [-0.1, -0.05) is 149 Å². The van der Waals surface area contributed by atoms with Crippen LogP contribution in [0.1, 0.15) is 224 Å². The van der Waals surface area contributed by atoms with E-state index in [2.05, 4.69) is 64.9 Å². The van der Waals surface area contributed by atoms with Crippen molar-refractivity contribution in [2.75, 3.05) is 5.32 Å². The highest BCUT2D eigenvalue weighted by Gasteiger charge is 2.35. The van der Waals surface area contributed by atoms with Crippen LogP contribution >= 0.6 is 11.3 Å². The minimum absolute atomic E-state index is 0.202. The number of thiazole rings is 1. The fourth-order valence-corrected chi connectivity index (χ4v) is 19.7. The highest BCUT2D eigenvalue weighted by molar-refractivity contribution is 7.16. The molecule has 5 heterocycles. The number of carboxylic acids is 4. The molecule has 117 heavy (non-hydrogen) atoms. The van der Waals surface area contributed by atoms with Crippen LogP contribution in [0.2, 0.25) is 0 Å². The van der Waals surface area contributed by atoms with E-state index in [-0.39, 0.29) is 11.1 Å². The van der Waals surface area contributed by atoms with E-state index in [1.165, 1.54) is 57.3 Å². The number of aromatic nitrogens is 5. The number of hydrogen-bond donors (Lipinski definition) is 5. The number of hydrogen-bond acceptors (Lipinski definition) is 11. The summed E-state index contributed by atoms with van der Waals surface area (Å²) in [7, 11) is 3.53. The van der Waals surface area contributed by atoms with Gasteiger partial charge in [-0.2, -0.15) is 0 Å². The van der Waals surface area contributed by atoms with E-state index in [4.69, 9.17) is 9.97 Å². The number of carbonyl (C=O) groups is 4. The van der Waals surface area contributed by atoms with Gasteiger partial charge >= 0.3 is 23.9 Å². The molecule has 4 aliphatic carbocycles. The van der Waals surface area contributed by atoms with Crippen LogP contribution < -0.4 is 16.4 Å². The minimum atomic E-state index is -0.933. The third kappa shape index (κ3) is 16.5. The smallest absolute Gasteiger partial charge is 0.311 e. The van der Waals surface area contributed by atoms with Crippen LogP contribution in [0.25, 0.3) is 87.2 Å². The van der Waals surface area contributed by atoms with Crippen LogP contribution in [-0.4, -0.2) is 68.4 Å². The van der Waals surface area contributed by atoms with E-state index in [0.717, 1.165) is 216 Å². The Hall–Kier alpha value is -11.4. The highest BCUT2D eigenvalue weighted by atomic mass is 32.1. The number of aryl methyl sites for hydroxylation is 14. The van der Waals surface area contributed by atoms with Gasteiger partial charge in [-0.3, -0.25) is 38.7 Å². The first-order chi connectivity index (χ1) is 56.5. The number of pyridine rings is 4. The summed E-state index contributed by atoms with van der Waals surface area (Å²) in [5, 5.41) is 47.8. The maximum absolute atomic E-state index is 13.5. The van der Waals surface area contributed by atoms with Gasteiger partial charge < -0.3 is 34.9 Å². The Kier molecular flexibility index (Phi) is 25.0. The zero-order valence-corrected chi connectivity index (χ0v) is 69.8. The molecule has 0 saturated heterocycles. The lowest BCUT2D eigenvalue weighted by Gasteiger charge is -2.23. The summed E-state index contributed by atoms with van der Waals surface area (Å²) >= 11 is 1.62. The van der Waals surface area contributed by atoms with Gasteiger partial charge in [0.2, 0.25) is 0 Å². The number of aliphatic carboxylic acids is 4. The van der Waals surface area contributed by atoms with E-state index < -0.39 is 47.5 Å². The summed E-state index contributed by atoms with van der Waals surface area (Å²) < 4.78 is 4.41. The standard InChI is InChI=1S/C25H24N2O2S.C25H28N2O2.2C25H27NO3/c1-3-5-18(25(28)29)22-14(2)27-20-11-8-15-6-4-7-17(15)24(20)23(22)16-9-10-19-21(12-16)30-13-26-19;1-3-9-20(25(28)29)23-16(2)26-22-15-18-11-8-7-10-17(18)14-21(22)24(23)27-19-12-5-4-6-13-19;1-4-6-19(25(28)29)23-22(16-11-9-15(2)10-12-16)20-13-17-7-5-8-18(17)14-21(20)26(3)24(23)27;1-4-6-19(25(28)29)23-21(17-11-9-15(2)10-12-17)22-18-8-5-7-16(18)13-14-20(22)26(3)24(23)27/h8-13,18H,3-7H2,1-2H3,(H,28,29);4-6,12-15,20H,3,7-11H2,1-2H3,(H,26,27)(H,28,29);2*9-14,19H,4-8H2,1-3H3,(H,28,29). The summed E-state index contributed by atoms with van der Waals surface area (Å²) in [6, 6.07) is 49.7. The van der Waals surface area contributed by atoms with Gasteiger partial charge in [0.25, 0.3) is 11.1 Å². The molecular weight excluding hydrogens is 1480 g/mol. The van der Waals surface area contributed by atoms with Gasteiger partial charge in [0, 0.05) is 80.5 Å². The molecule has 0 saturated carbocycles. The number of nitrogens with one attached hydrogen (secondary N) is 1. The monoisotopic (exact) mass is 1580 g/mol. The van der Waals surface area contributed by atoms with E-state index in [1.54, 1.807) is 34.6 Å². The van der Waals surface area contributed by atoms with Crippen molar-refractivity contribution in [1.29, 1.82) is 0 Å². The van der Waals surface area contributed by atoms with Gasteiger partial charge in [-0.25, -0.2) is 4.98 Å². The van der Waals surface area contributed by atoms with E-state index >= 15 is 0 Å². The van der Waals surface area contributed by atoms with E-state index in [0.29, 0.717) is 49.7 Å². The molecule has 16 nitrogen and oxygen atoms in total. The van der Waals surface area contributed by atoms with Crippen LogP contribution in [-0.2, 0) is 84.6 Å². The van der Waals surface area contributed by atoms with Crippen molar-refractivity contribution in [3.63, 3.8) is 0 Å². The molecule has 0 aliphatic heterocycles. The average Bonchev–Trinajstić information content (AvgIpc) is 1.73. The maximum atomic E-state index is 13.5. The lowest BCUT2D eigenvalue weighted by molar-refractivity contribution is -0.140. The lowest BCUT2D eigenvalue weighted by Crippen LogP contribution is -2.28. The number of carboxylic acid groups (broad SMARTS) is 4. The molecular formula is C100H106N6O10S. The minimum Gasteiger partial charge on any atom is -0.481 e. The topological polar surface area (TPSA) is 244 Å². The first-order valence-corrected chi connectivity index (χ1v) is 42.9. The SMILES string of the molecule is CCCC(C(=O)O)c1c(-c2ccc(C)cc2)c2c3c(ccc2n(C)c1=O)CCC3.CCCC(C(=O)O)c1c(-c2ccc(C)cc2)c2cc3c(cc2n(C)c1=O)CCC3.CCCC(C(=O)O)c1c(C)nc2cc3c(cc2c1Nc1ccccc1)CCCC3.CCCC(C(=O)O)c1c(C)nc2ccc3c(c2c1-c1ccc2ncsc2c1)CCC3. The van der Waals surface area contributed by atoms with Crippen molar-refractivity contribution >= 4 is 100 Å². The fourth-order valence-electron chi connectivity index (χ4n) is 19.0. The number of fused-ring (bicyclic) bond motifs is 11. The Morgan fingerprint density at radius 3 is 1.43 bits per heavy atom. The number of benzene rings is 8. The predicted octanol–water partition coefficient (Wildman–Crippen LogP) is 22.4. The quantitative estimate of drug-likeness (QED) is 0.0449. The molecule has 4 atom stereocenters. The predicted molar refractivity (Wildman–Crippen MR) is 474 cm³/mol. The Balaban J connectivity index is 0.000000128. The molecule has 0 amide bonds. The summed E-state index contributed by atoms with van der Waals surface area (Å²) in [5.74, 6) is -6.17. The number of anilines is 2. The number of para-hydroxylation sites is 1. The van der Waals surface area contributed by atoms with Crippen molar-refractivity contribution in [3.05, 3.63) is 261 Å². The second kappa shape index (κ2) is 35.6. The van der Waals surface area contributed by atoms with Crippen LogP contribution in [0.3, 0.4) is 0 Å². The van der Waals surface area contributed by atoms with Crippen LogP contribution in [0.5, 0.6) is 0 Å². The first kappa shape index (κ1) is 82.1. The Labute approximate surface area is 687 Å². The Morgan fingerprint density at radius 2 is 0.855 bits per heavy atom. The van der Waals surface area contributed by atoms with Gasteiger partial charge in [-0.15, -0.1) is 11.3 Å². The Bertz CT molecular complexity index is 6120. The lowest BCUT2D eigenvalue weighted by atomic mass is 9.83. The highest BCUT2D eigenvalue weighted by Crippen LogP contribution is 2.47.